The van der Waals surface area contributed by atoms with Gasteiger partial charge in [0, 0.05) is 12.5 Å². The predicted molar refractivity (Wildman–Crippen MR) is 34.0 cm³/mol. The minimum Gasteiger partial charge on any atom is -0.396 e. The lowest BCUT2D eigenvalue weighted by Gasteiger charge is -1.96. The molecule has 0 aromatic rings. The van der Waals surface area contributed by atoms with Crippen molar-refractivity contribution in [2.24, 2.45) is 5.92 Å². The van der Waals surface area contributed by atoms with Crippen LogP contribution in [0.4, 0.5) is 0 Å². The van der Waals surface area contributed by atoms with Gasteiger partial charge in [-0.25, -0.2) is 0 Å². The van der Waals surface area contributed by atoms with Crippen molar-refractivity contribution in [1.29, 1.82) is 0 Å². The number of allylic oxidation sites excluding steroid dienone is 1. The van der Waals surface area contributed by atoms with Crippen LogP contribution >= 0.6 is 0 Å². The molecule has 2 nitrogen and oxygen atoms in total. The lowest BCUT2D eigenvalue weighted by atomic mass is 10.1. The molecule has 1 N–H and O–H groups in total. The average molecular weight is 126 g/mol. The van der Waals surface area contributed by atoms with Crippen LogP contribution in [0.3, 0.4) is 0 Å². The molecule has 2 heteroatoms. The van der Waals surface area contributed by atoms with E-state index in [-0.39, 0.29) is 12.5 Å². The van der Waals surface area contributed by atoms with Crippen molar-refractivity contribution in [2.45, 2.75) is 12.8 Å². The van der Waals surface area contributed by atoms with Gasteiger partial charge in [0.1, 0.15) is 6.29 Å². The summed E-state index contributed by atoms with van der Waals surface area (Å²) in [6, 6.07) is 0. The van der Waals surface area contributed by atoms with Crippen molar-refractivity contribution in [2.75, 3.05) is 6.61 Å². The van der Waals surface area contributed by atoms with Gasteiger partial charge in [-0.1, -0.05) is 6.08 Å². The SMILES string of the molecule is O=CC1=CC(CO)CC1. The summed E-state index contributed by atoms with van der Waals surface area (Å²) in [7, 11) is 0. The van der Waals surface area contributed by atoms with E-state index in [4.69, 9.17) is 5.11 Å². The van der Waals surface area contributed by atoms with Gasteiger partial charge < -0.3 is 5.11 Å². The first-order valence-electron chi connectivity index (χ1n) is 3.13. The molecule has 0 fully saturated rings. The molecule has 0 aliphatic heterocycles. The minimum absolute atomic E-state index is 0.178. The molecule has 0 saturated heterocycles. The van der Waals surface area contributed by atoms with Gasteiger partial charge >= 0.3 is 0 Å². The highest BCUT2D eigenvalue weighted by Crippen LogP contribution is 2.21. The van der Waals surface area contributed by atoms with Crippen LogP contribution in [0.2, 0.25) is 0 Å². The average Bonchev–Trinajstić information content (AvgIpc) is 2.34. The van der Waals surface area contributed by atoms with Crippen LogP contribution in [0.25, 0.3) is 0 Å². The first-order chi connectivity index (χ1) is 4.36. The van der Waals surface area contributed by atoms with E-state index in [1.165, 1.54) is 0 Å². The smallest absolute Gasteiger partial charge is 0.145 e. The fraction of sp³-hybridized carbons (Fsp3) is 0.571. The van der Waals surface area contributed by atoms with Crippen molar-refractivity contribution in [3.8, 4) is 0 Å². The first kappa shape index (κ1) is 6.49. The zero-order valence-corrected chi connectivity index (χ0v) is 5.21. The summed E-state index contributed by atoms with van der Waals surface area (Å²) in [6.07, 6.45) is 4.50. The Kier molecular flexibility index (Phi) is 2.01. The molecule has 1 unspecified atom stereocenters. The molecule has 0 radical (unpaired) electrons. The fourth-order valence-electron chi connectivity index (χ4n) is 1.06. The molecule has 9 heavy (non-hydrogen) atoms. The largest absolute Gasteiger partial charge is 0.396 e. The second-order valence-corrected chi connectivity index (χ2v) is 2.34. The van der Waals surface area contributed by atoms with Crippen LogP contribution in [0.15, 0.2) is 11.6 Å². The molecule has 0 spiro atoms. The Bertz CT molecular complexity index is 138. The third-order valence-electron chi connectivity index (χ3n) is 1.64. The molecule has 0 aromatic carbocycles. The van der Waals surface area contributed by atoms with Crippen LogP contribution in [0.5, 0.6) is 0 Å². The van der Waals surface area contributed by atoms with Gasteiger partial charge in [0.2, 0.25) is 0 Å². The number of aliphatic hydroxyl groups is 1. The molecule has 0 aromatic heterocycles. The van der Waals surface area contributed by atoms with E-state index in [0.717, 1.165) is 24.7 Å². The number of hydrogen-bond acceptors (Lipinski definition) is 2. The number of aliphatic hydroxyl groups excluding tert-OH is 1. The number of rotatable bonds is 2. The van der Waals surface area contributed by atoms with Gasteiger partial charge in [0.15, 0.2) is 0 Å². The minimum atomic E-state index is 0.178. The van der Waals surface area contributed by atoms with Gasteiger partial charge in [0.25, 0.3) is 0 Å². The Balaban J connectivity index is 2.49. The Labute approximate surface area is 54.2 Å². The Hall–Kier alpha value is -0.630. The maximum atomic E-state index is 10.1. The first-order valence-corrected chi connectivity index (χ1v) is 3.13. The highest BCUT2D eigenvalue weighted by atomic mass is 16.3. The third kappa shape index (κ3) is 1.39. The fourth-order valence-corrected chi connectivity index (χ4v) is 1.06. The van der Waals surface area contributed by atoms with Gasteiger partial charge in [-0.05, 0) is 18.4 Å². The molecule has 1 atom stereocenters. The Morgan fingerprint density at radius 2 is 2.67 bits per heavy atom. The Morgan fingerprint density at radius 1 is 1.89 bits per heavy atom. The third-order valence-corrected chi connectivity index (χ3v) is 1.64. The lowest BCUT2D eigenvalue weighted by molar-refractivity contribution is -0.105. The van der Waals surface area contributed by atoms with Crippen molar-refractivity contribution >= 4 is 6.29 Å². The van der Waals surface area contributed by atoms with Gasteiger partial charge in [0.05, 0.1) is 0 Å². The zero-order chi connectivity index (χ0) is 6.69. The molecule has 0 saturated carbocycles. The molecule has 1 aliphatic rings. The summed E-state index contributed by atoms with van der Waals surface area (Å²) >= 11 is 0. The van der Waals surface area contributed by atoms with Gasteiger partial charge in [-0.3, -0.25) is 4.79 Å². The molecule has 1 rings (SSSR count). The van der Waals surface area contributed by atoms with E-state index in [0.29, 0.717) is 0 Å². The van der Waals surface area contributed by atoms with Gasteiger partial charge in [-0.15, -0.1) is 0 Å². The monoisotopic (exact) mass is 126 g/mol. The summed E-state index contributed by atoms with van der Waals surface area (Å²) in [4.78, 5) is 10.1. The predicted octanol–water partition coefficient (Wildman–Crippen LogP) is 0.514. The number of aldehydes is 1. The number of carbonyl (C=O) groups excluding carboxylic acids is 1. The second-order valence-electron chi connectivity index (χ2n) is 2.34. The standard InChI is InChI=1S/C7H10O2/c8-4-6-1-2-7(3-6)5-9/h3-4,7,9H,1-2,5H2. The van der Waals surface area contributed by atoms with Crippen molar-refractivity contribution in [1.82, 2.24) is 0 Å². The second kappa shape index (κ2) is 2.78. The molecular weight excluding hydrogens is 116 g/mol. The van der Waals surface area contributed by atoms with E-state index >= 15 is 0 Å². The van der Waals surface area contributed by atoms with Crippen LogP contribution in [0.1, 0.15) is 12.8 Å². The van der Waals surface area contributed by atoms with E-state index in [1.54, 1.807) is 0 Å². The number of carbonyl (C=O) groups is 1. The maximum Gasteiger partial charge on any atom is 0.145 e. The van der Waals surface area contributed by atoms with E-state index < -0.39 is 0 Å². The summed E-state index contributed by atoms with van der Waals surface area (Å²) in [5, 5.41) is 8.62. The molecule has 50 valence electrons. The van der Waals surface area contributed by atoms with E-state index in [9.17, 15) is 4.79 Å². The summed E-state index contributed by atoms with van der Waals surface area (Å²) < 4.78 is 0. The number of hydrogen-bond donors (Lipinski definition) is 1. The maximum absolute atomic E-state index is 10.1. The normalized spacial score (nSPS) is 25.9. The lowest BCUT2D eigenvalue weighted by Crippen LogP contribution is -1.96. The summed E-state index contributed by atoms with van der Waals surface area (Å²) in [5.41, 5.74) is 0.842. The summed E-state index contributed by atoms with van der Waals surface area (Å²) in [5.74, 6) is 0.241. The van der Waals surface area contributed by atoms with Crippen LogP contribution in [0, 0.1) is 5.92 Å². The van der Waals surface area contributed by atoms with Crippen LogP contribution in [-0.4, -0.2) is 18.0 Å². The highest BCUT2D eigenvalue weighted by Gasteiger charge is 2.13. The van der Waals surface area contributed by atoms with Crippen molar-refractivity contribution in [3.05, 3.63) is 11.6 Å². The quantitative estimate of drug-likeness (QED) is 0.547. The summed E-state index contributed by atoms with van der Waals surface area (Å²) in [6.45, 7) is 0.178. The van der Waals surface area contributed by atoms with Gasteiger partial charge in [-0.2, -0.15) is 0 Å². The van der Waals surface area contributed by atoms with Crippen LogP contribution < -0.4 is 0 Å². The van der Waals surface area contributed by atoms with E-state index in [2.05, 4.69) is 0 Å². The molecule has 0 bridgehead atoms. The zero-order valence-electron chi connectivity index (χ0n) is 5.21. The molecule has 0 heterocycles. The van der Waals surface area contributed by atoms with E-state index in [1.807, 2.05) is 6.08 Å². The Morgan fingerprint density at radius 3 is 3.00 bits per heavy atom. The topological polar surface area (TPSA) is 37.3 Å². The highest BCUT2D eigenvalue weighted by molar-refractivity contribution is 5.73. The molecule has 1 aliphatic carbocycles. The van der Waals surface area contributed by atoms with Crippen molar-refractivity contribution < 1.29 is 9.90 Å². The molecular formula is C7H10O2. The van der Waals surface area contributed by atoms with Crippen molar-refractivity contribution in [3.63, 3.8) is 0 Å². The molecule has 0 amide bonds. The van der Waals surface area contributed by atoms with Crippen LogP contribution in [-0.2, 0) is 4.79 Å².